The van der Waals surface area contributed by atoms with E-state index >= 15 is 0 Å². The minimum atomic E-state index is -1.08. The average molecular weight is 493 g/mol. The maximum Gasteiger partial charge on any atom is 0.620 e. The van der Waals surface area contributed by atoms with E-state index in [0.717, 1.165) is 6.07 Å². The SMILES string of the molecule is C=CC1=C(C=C)C(=O)OB([C@H](CC(C)C)NC(=O)CNC(=O)c2cc(Br)ccc2F)O1. The Balaban J connectivity index is 2.06. The predicted octanol–water partition coefficient (Wildman–Crippen LogP) is 3.08. The van der Waals surface area contributed by atoms with E-state index in [0.29, 0.717) is 10.9 Å². The number of carbonyl (C=O) groups excluding carboxylic acids is 3. The van der Waals surface area contributed by atoms with Gasteiger partial charge in [0.1, 0.15) is 11.6 Å². The van der Waals surface area contributed by atoms with Gasteiger partial charge in [0.2, 0.25) is 5.91 Å². The van der Waals surface area contributed by atoms with Crippen LogP contribution in [0.2, 0.25) is 0 Å². The van der Waals surface area contributed by atoms with Crippen molar-refractivity contribution in [3.8, 4) is 0 Å². The molecule has 0 aromatic heterocycles. The van der Waals surface area contributed by atoms with Gasteiger partial charge in [-0.25, -0.2) is 9.18 Å². The molecule has 0 unspecified atom stereocenters. The number of benzene rings is 1. The van der Waals surface area contributed by atoms with Gasteiger partial charge in [0, 0.05) is 4.47 Å². The first-order valence-electron chi connectivity index (χ1n) is 9.55. The molecule has 2 amide bonds. The first-order valence-corrected chi connectivity index (χ1v) is 10.3. The van der Waals surface area contributed by atoms with Crippen LogP contribution in [0.15, 0.2) is 59.3 Å². The third-order valence-corrected chi connectivity index (χ3v) is 4.82. The smallest absolute Gasteiger partial charge is 0.524 e. The van der Waals surface area contributed by atoms with E-state index < -0.39 is 43.2 Å². The number of amides is 2. The molecule has 164 valence electrons. The monoisotopic (exact) mass is 492 g/mol. The van der Waals surface area contributed by atoms with Gasteiger partial charge in [-0.05, 0) is 36.6 Å². The summed E-state index contributed by atoms with van der Waals surface area (Å²) in [4.78, 5) is 36.9. The molecule has 0 spiro atoms. The Labute approximate surface area is 189 Å². The van der Waals surface area contributed by atoms with Crippen molar-refractivity contribution >= 4 is 40.8 Å². The van der Waals surface area contributed by atoms with Crippen LogP contribution in [0.5, 0.6) is 0 Å². The number of carbonyl (C=O) groups is 3. The summed E-state index contributed by atoms with van der Waals surface area (Å²) in [6.45, 7) is 10.6. The third-order valence-electron chi connectivity index (χ3n) is 4.32. The van der Waals surface area contributed by atoms with Crippen LogP contribution in [0, 0.1) is 11.7 Å². The molecule has 1 heterocycles. The van der Waals surface area contributed by atoms with E-state index in [1.54, 1.807) is 0 Å². The molecule has 2 rings (SSSR count). The summed E-state index contributed by atoms with van der Waals surface area (Å²) in [5.74, 6) is -2.97. The van der Waals surface area contributed by atoms with E-state index in [4.69, 9.17) is 9.31 Å². The lowest BCUT2D eigenvalue weighted by atomic mass is 9.72. The highest BCUT2D eigenvalue weighted by atomic mass is 79.9. The minimum absolute atomic E-state index is 0.134. The molecular formula is C21H23BBrFN2O5. The molecule has 1 atom stereocenters. The lowest BCUT2D eigenvalue weighted by molar-refractivity contribution is -0.133. The Kier molecular flexibility index (Phi) is 8.61. The second-order valence-electron chi connectivity index (χ2n) is 7.19. The maximum atomic E-state index is 13.8. The van der Waals surface area contributed by atoms with E-state index in [-0.39, 0.29) is 22.8 Å². The van der Waals surface area contributed by atoms with E-state index in [1.807, 2.05) is 13.8 Å². The Hall–Kier alpha value is -2.88. The fourth-order valence-electron chi connectivity index (χ4n) is 2.92. The van der Waals surface area contributed by atoms with E-state index in [2.05, 4.69) is 39.7 Å². The van der Waals surface area contributed by atoms with E-state index in [9.17, 15) is 18.8 Å². The van der Waals surface area contributed by atoms with E-state index in [1.165, 1.54) is 24.3 Å². The van der Waals surface area contributed by atoms with Crippen molar-refractivity contribution in [3.63, 3.8) is 0 Å². The highest BCUT2D eigenvalue weighted by Gasteiger charge is 2.42. The standard InChI is InChI=1S/C21H23BBrFN2O5/c1-5-14-17(6-2)30-22(31-21(14)29)18(9-12(3)4)26-19(27)11-25-20(28)15-10-13(23)7-8-16(15)24/h5-8,10,12,18H,1-2,9,11H2,3-4H3,(H,25,28)(H,26,27)/t18-/m0/s1. The number of hydrogen-bond acceptors (Lipinski definition) is 5. The van der Waals surface area contributed by atoms with Crippen LogP contribution in [0.3, 0.4) is 0 Å². The Bertz CT molecular complexity index is 934. The molecular weight excluding hydrogens is 470 g/mol. The summed E-state index contributed by atoms with van der Waals surface area (Å²) in [5, 5.41) is 5.08. The van der Waals surface area contributed by atoms with Crippen LogP contribution in [-0.4, -0.2) is 37.4 Å². The molecule has 0 saturated carbocycles. The molecule has 1 aromatic carbocycles. The molecule has 7 nitrogen and oxygen atoms in total. The molecule has 0 aliphatic carbocycles. The van der Waals surface area contributed by atoms with Gasteiger partial charge in [0.25, 0.3) is 5.91 Å². The zero-order valence-corrected chi connectivity index (χ0v) is 18.8. The van der Waals surface area contributed by atoms with Gasteiger partial charge in [-0.1, -0.05) is 49.0 Å². The maximum absolute atomic E-state index is 13.8. The molecule has 1 aliphatic rings. The molecule has 0 radical (unpaired) electrons. The van der Waals surface area contributed by atoms with Gasteiger partial charge < -0.3 is 19.9 Å². The van der Waals surface area contributed by atoms with Crippen molar-refractivity contribution in [2.45, 2.75) is 26.2 Å². The summed E-state index contributed by atoms with van der Waals surface area (Å²) in [5.41, 5.74) is -0.0487. The molecule has 0 fully saturated rings. The summed E-state index contributed by atoms with van der Waals surface area (Å²) in [7, 11) is -1.08. The zero-order chi connectivity index (χ0) is 23.1. The zero-order valence-electron chi connectivity index (χ0n) is 17.2. The quantitative estimate of drug-likeness (QED) is 0.516. The first kappa shape index (κ1) is 24.4. The van der Waals surface area contributed by atoms with Crippen molar-refractivity contribution in [1.29, 1.82) is 0 Å². The van der Waals surface area contributed by atoms with Crippen LogP contribution >= 0.6 is 15.9 Å². The van der Waals surface area contributed by atoms with Gasteiger partial charge in [0.05, 0.1) is 23.6 Å². The van der Waals surface area contributed by atoms with Crippen LogP contribution in [0.25, 0.3) is 0 Å². The second kappa shape index (κ2) is 10.9. The Morgan fingerprint density at radius 2 is 1.97 bits per heavy atom. The number of allylic oxidation sites excluding steroid dienone is 1. The second-order valence-corrected chi connectivity index (χ2v) is 8.10. The number of nitrogens with one attached hydrogen (secondary N) is 2. The van der Waals surface area contributed by atoms with Crippen molar-refractivity contribution in [3.05, 3.63) is 70.7 Å². The van der Waals surface area contributed by atoms with Gasteiger partial charge in [0.15, 0.2) is 0 Å². The normalized spacial score (nSPS) is 14.5. The van der Waals surface area contributed by atoms with Crippen LogP contribution < -0.4 is 10.6 Å². The molecule has 0 saturated heterocycles. The van der Waals surface area contributed by atoms with Crippen molar-refractivity contribution in [1.82, 2.24) is 10.6 Å². The average Bonchev–Trinajstić information content (AvgIpc) is 2.72. The van der Waals surface area contributed by atoms with Gasteiger partial charge in [-0.3, -0.25) is 9.59 Å². The summed E-state index contributed by atoms with van der Waals surface area (Å²) < 4.78 is 25.4. The first-order chi connectivity index (χ1) is 14.7. The third kappa shape index (κ3) is 6.55. The predicted molar refractivity (Wildman–Crippen MR) is 118 cm³/mol. The van der Waals surface area contributed by atoms with Crippen LogP contribution in [0.1, 0.15) is 30.6 Å². The molecule has 31 heavy (non-hydrogen) atoms. The highest BCUT2D eigenvalue weighted by Crippen LogP contribution is 2.22. The molecule has 2 N–H and O–H groups in total. The minimum Gasteiger partial charge on any atom is -0.524 e. The lowest BCUT2D eigenvalue weighted by Gasteiger charge is -2.29. The molecule has 1 aliphatic heterocycles. The van der Waals surface area contributed by atoms with Gasteiger partial charge in [-0.2, -0.15) is 0 Å². The topological polar surface area (TPSA) is 93.7 Å². The van der Waals surface area contributed by atoms with Crippen molar-refractivity contribution in [2.75, 3.05) is 6.54 Å². The number of hydrogen-bond donors (Lipinski definition) is 2. The number of rotatable bonds is 9. The summed E-state index contributed by atoms with van der Waals surface area (Å²) in [6, 6.07) is 3.93. The van der Waals surface area contributed by atoms with Crippen molar-refractivity contribution < 1.29 is 28.1 Å². The Morgan fingerprint density at radius 3 is 2.58 bits per heavy atom. The van der Waals surface area contributed by atoms with Crippen LogP contribution in [0.4, 0.5) is 4.39 Å². The molecule has 0 bridgehead atoms. The van der Waals surface area contributed by atoms with Gasteiger partial charge in [-0.15, -0.1) is 0 Å². The summed E-state index contributed by atoms with van der Waals surface area (Å²) in [6.07, 6.45) is 3.11. The highest BCUT2D eigenvalue weighted by molar-refractivity contribution is 9.10. The Morgan fingerprint density at radius 1 is 1.26 bits per heavy atom. The van der Waals surface area contributed by atoms with Crippen molar-refractivity contribution in [2.24, 2.45) is 5.92 Å². The van der Waals surface area contributed by atoms with Crippen LogP contribution in [-0.2, 0) is 18.9 Å². The van der Waals surface area contributed by atoms with Gasteiger partial charge >= 0.3 is 13.1 Å². The fourth-order valence-corrected chi connectivity index (χ4v) is 3.28. The lowest BCUT2D eigenvalue weighted by Crippen LogP contribution is -2.54. The molecule has 1 aromatic rings. The molecule has 10 heteroatoms. The summed E-state index contributed by atoms with van der Waals surface area (Å²) >= 11 is 3.17. The largest absolute Gasteiger partial charge is 0.620 e. The fraction of sp³-hybridized carbons (Fsp3) is 0.286. The number of halogens is 2.